The fourth-order valence-corrected chi connectivity index (χ4v) is 0. The topological polar surface area (TPSA) is 9.23 Å². The molecule has 5 heavy (non-hydrogen) atoms. The van der Waals surface area contributed by atoms with Crippen LogP contribution in [-0.4, -0.2) is 15.2 Å². The van der Waals surface area contributed by atoms with Crippen molar-refractivity contribution < 1.29 is 14.1 Å². The first kappa shape index (κ1) is 20.8. The third-order valence-corrected chi connectivity index (χ3v) is 0. The summed E-state index contributed by atoms with van der Waals surface area (Å²) >= 11 is 0. The van der Waals surface area contributed by atoms with Gasteiger partial charge in [0, 0.05) is 7.11 Å². The van der Waals surface area contributed by atoms with E-state index in [2.05, 4.69) is 12.7 Å². The van der Waals surface area contributed by atoms with Gasteiger partial charge >= 0.3 is 0 Å². The molecule has 0 aromatic carbocycles. The molecule has 0 aromatic rings. The molecule has 0 spiro atoms. The van der Waals surface area contributed by atoms with Crippen molar-refractivity contribution >= 4 is 8.05 Å². The van der Waals surface area contributed by atoms with Crippen molar-refractivity contribution in [1.82, 2.24) is 0 Å². The van der Waals surface area contributed by atoms with Gasteiger partial charge in [-0.25, -0.2) is 0 Å². The van der Waals surface area contributed by atoms with Crippen molar-refractivity contribution in [2.75, 3.05) is 7.11 Å². The average molecular weight is 81.9 g/mol. The van der Waals surface area contributed by atoms with Crippen molar-refractivity contribution in [2.45, 2.75) is 0 Å². The molecular formula is CH5BF2O. The summed E-state index contributed by atoms with van der Waals surface area (Å²) in [7, 11) is 5.75. The largest absolute Gasteiger partial charge is 0.450 e. The Balaban J connectivity index is -0.0000000200. The summed E-state index contributed by atoms with van der Waals surface area (Å²) in [5.41, 5.74) is 0. The van der Waals surface area contributed by atoms with E-state index in [1.165, 1.54) is 7.11 Å². The Kier molecular flexibility index (Phi) is 171. The summed E-state index contributed by atoms with van der Waals surface area (Å²) in [6.07, 6.45) is 0. The van der Waals surface area contributed by atoms with Crippen LogP contribution in [-0.2, 0) is 4.65 Å². The van der Waals surface area contributed by atoms with Gasteiger partial charge in [-0.1, -0.05) is 0 Å². The summed E-state index contributed by atoms with van der Waals surface area (Å²) in [6.45, 7) is 0. The van der Waals surface area contributed by atoms with E-state index in [0.717, 1.165) is 0 Å². The highest BCUT2D eigenvalue weighted by atomic mass is 19.0. The Morgan fingerprint density at radius 1 is 1.40 bits per heavy atom. The van der Waals surface area contributed by atoms with Gasteiger partial charge in [-0.15, -0.1) is 0 Å². The minimum Gasteiger partial charge on any atom is -0.450 e. The van der Waals surface area contributed by atoms with Crippen molar-refractivity contribution in [3.63, 3.8) is 0 Å². The van der Waals surface area contributed by atoms with Crippen molar-refractivity contribution in [1.29, 1.82) is 0 Å². The fraction of sp³-hybridized carbons (Fsp3) is 1.00. The molecule has 0 fully saturated rings. The monoisotopic (exact) mass is 82.0 g/mol. The van der Waals surface area contributed by atoms with E-state index in [-0.39, 0.29) is 9.41 Å². The molecule has 2 radical (unpaired) electrons. The summed E-state index contributed by atoms with van der Waals surface area (Å²) in [6, 6.07) is 0. The van der Waals surface area contributed by atoms with Crippen LogP contribution in [0.4, 0.5) is 9.41 Å². The van der Waals surface area contributed by atoms with Crippen LogP contribution < -0.4 is 0 Å². The van der Waals surface area contributed by atoms with E-state index in [0.29, 0.717) is 0 Å². The Bertz CT molecular complexity index is 9.61. The van der Waals surface area contributed by atoms with Crippen LogP contribution in [0, 0.1) is 0 Å². The first-order valence-corrected chi connectivity index (χ1v) is 0.644. The highest BCUT2D eigenvalue weighted by Gasteiger charge is 1.30. The number of hydrogen-bond acceptors (Lipinski definition) is 1. The van der Waals surface area contributed by atoms with Gasteiger partial charge in [-0.3, -0.25) is 9.41 Å². The SMILES string of the molecule is F.F.[B]OC. The van der Waals surface area contributed by atoms with Crippen LogP contribution in [0.3, 0.4) is 0 Å². The molecule has 32 valence electrons. The molecule has 0 aliphatic carbocycles. The quantitative estimate of drug-likeness (QED) is 0.374. The van der Waals surface area contributed by atoms with Gasteiger partial charge in [-0.2, -0.15) is 0 Å². The Labute approximate surface area is 30.5 Å². The second-order valence-electron chi connectivity index (χ2n) is 0.236. The molecule has 1 nitrogen and oxygen atoms in total. The van der Waals surface area contributed by atoms with Gasteiger partial charge in [0.2, 0.25) is 0 Å². The van der Waals surface area contributed by atoms with Crippen LogP contribution in [0.25, 0.3) is 0 Å². The number of hydrogen-bond donors (Lipinski definition) is 0. The van der Waals surface area contributed by atoms with Crippen LogP contribution in [0.15, 0.2) is 0 Å². The first-order chi connectivity index (χ1) is 1.41. The van der Waals surface area contributed by atoms with Crippen LogP contribution in [0.2, 0.25) is 0 Å². The van der Waals surface area contributed by atoms with Gasteiger partial charge in [0.25, 0.3) is 8.05 Å². The molecule has 0 saturated heterocycles. The van der Waals surface area contributed by atoms with Crippen LogP contribution in [0.5, 0.6) is 0 Å². The maximum Gasteiger partial charge on any atom is 0.282 e. The highest BCUT2D eigenvalue weighted by Crippen LogP contribution is 1.24. The minimum atomic E-state index is 0. The number of halogens is 2. The smallest absolute Gasteiger partial charge is 0.282 e. The maximum atomic E-state index is 4.35. The summed E-state index contributed by atoms with van der Waals surface area (Å²) in [5, 5.41) is 0. The molecule has 0 saturated carbocycles. The van der Waals surface area contributed by atoms with E-state index in [1.807, 2.05) is 0 Å². The zero-order valence-electron chi connectivity index (χ0n) is 2.80. The first-order valence-electron chi connectivity index (χ1n) is 0.644. The predicted molar refractivity (Wildman–Crippen MR) is 17.8 cm³/mol. The molecule has 0 bridgehead atoms. The Hall–Kier alpha value is -0.115. The van der Waals surface area contributed by atoms with Gasteiger partial charge in [0.15, 0.2) is 0 Å². The molecular weight excluding hydrogens is 76.8 g/mol. The summed E-state index contributed by atoms with van der Waals surface area (Å²) < 4.78 is 3.75. The second-order valence-corrected chi connectivity index (χ2v) is 0.236. The molecule has 0 atom stereocenters. The third-order valence-electron chi connectivity index (χ3n) is 0. The molecule has 0 aliphatic rings. The zero-order chi connectivity index (χ0) is 2.71. The number of rotatable bonds is 0. The Morgan fingerprint density at radius 3 is 1.40 bits per heavy atom. The lowest BCUT2D eigenvalue weighted by molar-refractivity contribution is 0.460. The van der Waals surface area contributed by atoms with Crippen LogP contribution in [0.1, 0.15) is 0 Å². The van der Waals surface area contributed by atoms with E-state index < -0.39 is 0 Å². The van der Waals surface area contributed by atoms with E-state index in [4.69, 9.17) is 0 Å². The lowest BCUT2D eigenvalue weighted by Gasteiger charge is -1.60. The molecule has 0 aliphatic heterocycles. The lowest BCUT2D eigenvalue weighted by atomic mass is 10.6. The normalized spacial score (nSPS) is 3.40. The molecule has 0 N–H and O–H groups in total. The molecule has 4 heteroatoms. The zero-order valence-corrected chi connectivity index (χ0v) is 2.80. The third kappa shape index (κ3) is 1040. The summed E-state index contributed by atoms with van der Waals surface area (Å²) in [5.74, 6) is 0. The molecule has 0 unspecified atom stereocenters. The molecule has 0 aromatic heterocycles. The van der Waals surface area contributed by atoms with Gasteiger partial charge < -0.3 is 4.65 Å². The Morgan fingerprint density at radius 2 is 1.40 bits per heavy atom. The average Bonchev–Trinajstić information content (AvgIpc) is 0.918. The van der Waals surface area contributed by atoms with Crippen molar-refractivity contribution in [2.24, 2.45) is 0 Å². The minimum absolute atomic E-state index is 0. The van der Waals surface area contributed by atoms with Crippen molar-refractivity contribution in [3.05, 3.63) is 0 Å². The summed E-state index contributed by atoms with van der Waals surface area (Å²) in [4.78, 5) is 0. The van der Waals surface area contributed by atoms with Crippen molar-refractivity contribution in [3.8, 4) is 0 Å². The van der Waals surface area contributed by atoms with Crippen LogP contribution >= 0.6 is 0 Å². The molecule has 0 rings (SSSR count). The predicted octanol–water partition coefficient (Wildman–Crippen LogP) is 0.0213. The van der Waals surface area contributed by atoms with Gasteiger partial charge in [-0.05, 0) is 0 Å². The molecule has 0 amide bonds. The van der Waals surface area contributed by atoms with E-state index in [1.54, 1.807) is 0 Å². The highest BCUT2D eigenvalue weighted by molar-refractivity contribution is 5.97. The lowest BCUT2D eigenvalue weighted by Crippen LogP contribution is -1.60. The maximum absolute atomic E-state index is 4.35. The fourth-order valence-electron chi connectivity index (χ4n) is 0. The standard InChI is InChI=1S/CH3BO.2FH/c1-3-2;;/h1H3;2*1H. The van der Waals surface area contributed by atoms with E-state index in [9.17, 15) is 0 Å². The van der Waals surface area contributed by atoms with Gasteiger partial charge in [0.1, 0.15) is 0 Å². The molecule has 0 heterocycles. The van der Waals surface area contributed by atoms with Gasteiger partial charge in [0.05, 0.1) is 0 Å². The second kappa shape index (κ2) is 41.3. The van der Waals surface area contributed by atoms with E-state index >= 15 is 0 Å².